The number of hydrogen-bond donors (Lipinski definition) is 1. The molecule has 0 amide bonds. The molecule has 1 aliphatic rings. The molecular weight excluding hydrogens is 430 g/mol. The predicted molar refractivity (Wildman–Crippen MR) is 132 cm³/mol. The first-order valence-electron chi connectivity index (χ1n) is 11.4. The molecule has 0 saturated carbocycles. The van der Waals surface area contributed by atoms with Crippen LogP contribution in [0.25, 0.3) is 5.65 Å². The molecule has 0 atom stereocenters. The van der Waals surface area contributed by atoms with E-state index in [4.69, 9.17) is 9.47 Å². The van der Waals surface area contributed by atoms with Crippen molar-refractivity contribution in [2.24, 2.45) is 0 Å². The van der Waals surface area contributed by atoms with E-state index in [-0.39, 0.29) is 0 Å². The zero-order valence-corrected chi connectivity index (χ0v) is 19.5. The first-order chi connectivity index (χ1) is 16.7. The molecule has 5 rings (SSSR count). The van der Waals surface area contributed by atoms with E-state index in [1.807, 2.05) is 24.4 Å². The molecular formula is C25H29N7O2. The molecule has 0 bridgehead atoms. The number of aromatic nitrogens is 4. The average Bonchev–Trinajstić information content (AvgIpc) is 3.40. The van der Waals surface area contributed by atoms with Crippen LogP contribution in [0.15, 0.2) is 61.1 Å². The number of piperazine rings is 1. The molecule has 1 aliphatic heterocycles. The van der Waals surface area contributed by atoms with Gasteiger partial charge >= 0.3 is 0 Å². The van der Waals surface area contributed by atoms with Crippen LogP contribution in [0.1, 0.15) is 11.1 Å². The summed E-state index contributed by atoms with van der Waals surface area (Å²) in [6, 6.07) is 16.4. The summed E-state index contributed by atoms with van der Waals surface area (Å²) in [4.78, 5) is 14.0. The Morgan fingerprint density at radius 3 is 2.47 bits per heavy atom. The van der Waals surface area contributed by atoms with Crippen molar-refractivity contribution in [1.29, 1.82) is 0 Å². The Kier molecular flexibility index (Phi) is 6.44. The summed E-state index contributed by atoms with van der Waals surface area (Å²) in [6.07, 6.45) is 3.49. The molecule has 4 aromatic rings. The van der Waals surface area contributed by atoms with Crippen molar-refractivity contribution in [1.82, 2.24) is 24.5 Å². The van der Waals surface area contributed by atoms with Gasteiger partial charge in [-0.25, -0.2) is 9.97 Å². The molecule has 0 unspecified atom stereocenters. The fourth-order valence-electron chi connectivity index (χ4n) is 4.31. The summed E-state index contributed by atoms with van der Waals surface area (Å²) in [5, 5.41) is 7.77. The van der Waals surface area contributed by atoms with Crippen LogP contribution in [0.5, 0.6) is 11.5 Å². The van der Waals surface area contributed by atoms with Crippen LogP contribution < -0.4 is 19.7 Å². The largest absolute Gasteiger partial charge is 0.493 e. The van der Waals surface area contributed by atoms with E-state index < -0.39 is 0 Å². The molecule has 0 radical (unpaired) electrons. The second-order valence-corrected chi connectivity index (χ2v) is 8.24. The maximum atomic E-state index is 5.40. The van der Waals surface area contributed by atoms with Crippen LogP contribution in [-0.4, -0.2) is 64.9 Å². The number of hydrogen-bond acceptors (Lipinski definition) is 8. The Balaban J connectivity index is 1.24. The maximum Gasteiger partial charge on any atom is 0.226 e. The highest BCUT2D eigenvalue weighted by Gasteiger charge is 2.19. The molecule has 9 nitrogen and oxygen atoms in total. The third kappa shape index (κ3) is 4.60. The van der Waals surface area contributed by atoms with Crippen LogP contribution >= 0.6 is 0 Å². The Labute approximate surface area is 199 Å². The van der Waals surface area contributed by atoms with Crippen molar-refractivity contribution in [3.63, 3.8) is 0 Å². The van der Waals surface area contributed by atoms with Gasteiger partial charge in [0.1, 0.15) is 6.33 Å². The first kappa shape index (κ1) is 22.0. The van der Waals surface area contributed by atoms with E-state index in [0.29, 0.717) is 24.0 Å². The molecule has 0 spiro atoms. The molecule has 34 heavy (non-hydrogen) atoms. The van der Waals surface area contributed by atoms with Gasteiger partial charge < -0.3 is 19.7 Å². The number of rotatable bonds is 8. The van der Waals surface area contributed by atoms with E-state index in [9.17, 15) is 0 Å². The molecule has 2 aromatic carbocycles. The lowest BCUT2D eigenvalue weighted by Crippen LogP contribution is -2.46. The number of ether oxygens (including phenoxy) is 2. The highest BCUT2D eigenvalue weighted by atomic mass is 16.5. The van der Waals surface area contributed by atoms with Gasteiger partial charge in [0.05, 0.1) is 14.2 Å². The number of nitrogens with one attached hydrogen (secondary N) is 1. The van der Waals surface area contributed by atoms with Crippen LogP contribution in [0, 0.1) is 0 Å². The van der Waals surface area contributed by atoms with Crippen molar-refractivity contribution in [2.45, 2.75) is 13.1 Å². The quantitative estimate of drug-likeness (QED) is 0.431. The molecule has 1 N–H and O–H groups in total. The van der Waals surface area contributed by atoms with E-state index in [0.717, 1.165) is 49.5 Å². The molecule has 9 heteroatoms. The average molecular weight is 460 g/mol. The summed E-state index contributed by atoms with van der Waals surface area (Å²) in [7, 11) is 3.27. The summed E-state index contributed by atoms with van der Waals surface area (Å²) in [5.74, 6) is 2.06. The molecule has 1 saturated heterocycles. The molecule has 0 aliphatic carbocycles. The monoisotopic (exact) mass is 459 g/mol. The standard InChI is InChI=1S/C25H29N7O2/c1-33-22-9-8-19(14-23(22)34-2)15-26-25-27-16-20(24-28-18-29-32(24)25)17-30-10-12-31(13-11-30)21-6-4-3-5-7-21/h3-9,14,16,18H,10-13,15,17H2,1-2H3,(H,26,27). The fourth-order valence-corrected chi connectivity index (χ4v) is 4.31. The van der Waals surface area contributed by atoms with Gasteiger partial charge in [-0.1, -0.05) is 24.3 Å². The van der Waals surface area contributed by atoms with Gasteiger partial charge in [0.2, 0.25) is 5.95 Å². The summed E-state index contributed by atoms with van der Waals surface area (Å²) in [6.45, 7) is 5.37. The number of methoxy groups -OCH3 is 2. The van der Waals surface area contributed by atoms with Crippen molar-refractivity contribution in [2.75, 3.05) is 50.6 Å². The van der Waals surface area contributed by atoms with E-state index >= 15 is 0 Å². The fraction of sp³-hybridized carbons (Fsp3) is 0.320. The Hall–Kier alpha value is -3.85. The number of benzene rings is 2. The Morgan fingerprint density at radius 2 is 1.71 bits per heavy atom. The first-order valence-corrected chi connectivity index (χ1v) is 11.4. The summed E-state index contributed by atoms with van der Waals surface area (Å²) in [5.41, 5.74) is 4.24. The minimum absolute atomic E-state index is 0.573. The van der Waals surface area contributed by atoms with Crippen molar-refractivity contribution in [3.05, 3.63) is 72.2 Å². The zero-order valence-electron chi connectivity index (χ0n) is 19.5. The van der Waals surface area contributed by atoms with Crippen LogP contribution in [0.4, 0.5) is 11.6 Å². The summed E-state index contributed by atoms with van der Waals surface area (Å²) < 4.78 is 12.5. The van der Waals surface area contributed by atoms with Gasteiger partial charge in [0.25, 0.3) is 0 Å². The normalized spacial score (nSPS) is 14.4. The zero-order chi connectivity index (χ0) is 23.3. The van der Waals surface area contributed by atoms with Crippen molar-refractivity contribution >= 4 is 17.3 Å². The lowest BCUT2D eigenvalue weighted by Gasteiger charge is -2.36. The van der Waals surface area contributed by atoms with Gasteiger partial charge in [-0.2, -0.15) is 9.61 Å². The molecule has 2 aromatic heterocycles. The minimum atomic E-state index is 0.573. The highest BCUT2D eigenvalue weighted by Crippen LogP contribution is 2.28. The number of anilines is 2. The minimum Gasteiger partial charge on any atom is -0.493 e. The van der Waals surface area contributed by atoms with Crippen molar-refractivity contribution < 1.29 is 9.47 Å². The van der Waals surface area contributed by atoms with Crippen LogP contribution in [0.3, 0.4) is 0 Å². The van der Waals surface area contributed by atoms with Gasteiger partial charge in [-0.15, -0.1) is 0 Å². The lowest BCUT2D eigenvalue weighted by molar-refractivity contribution is 0.250. The van der Waals surface area contributed by atoms with E-state index in [1.54, 1.807) is 25.1 Å². The summed E-state index contributed by atoms with van der Waals surface area (Å²) >= 11 is 0. The third-order valence-corrected chi connectivity index (χ3v) is 6.16. The molecule has 1 fully saturated rings. The van der Waals surface area contributed by atoms with Crippen LogP contribution in [-0.2, 0) is 13.1 Å². The number of nitrogens with zero attached hydrogens (tertiary/aromatic N) is 6. The van der Waals surface area contributed by atoms with E-state index in [1.165, 1.54) is 5.69 Å². The third-order valence-electron chi connectivity index (χ3n) is 6.16. The smallest absolute Gasteiger partial charge is 0.226 e. The SMILES string of the molecule is COc1ccc(CNc2ncc(CN3CCN(c4ccccc4)CC3)c3ncnn23)cc1OC. The Bertz CT molecular complexity index is 1240. The number of para-hydroxylation sites is 1. The van der Waals surface area contributed by atoms with Gasteiger partial charge in [0.15, 0.2) is 17.1 Å². The van der Waals surface area contributed by atoms with Gasteiger partial charge in [-0.3, -0.25) is 4.90 Å². The van der Waals surface area contributed by atoms with Crippen molar-refractivity contribution in [3.8, 4) is 11.5 Å². The van der Waals surface area contributed by atoms with Crippen LogP contribution in [0.2, 0.25) is 0 Å². The second-order valence-electron chi connectivity index (χ2n) is 8.24. The highest BCUT2D eigenvalue weighted by molar-refractivity contribution is 5.51. The topological polar surface area (TPSA) is 80.0 Å². The Morgan fingerprint density at radius 1 is 0.912 bits per heavy atom. The van der Waals surface area contributed by atoms with Gasteiger partial charge in [-0.05, 0) is 29.8 Å². The molecule has 3 heterocycles. The number of fused-ring (bicyclic) bond motifs is 1. The lowest BCUT2D eigenvalue weighted by atomic mass is 10.2. The second kappa shape index (κ2) is 9.96. The molecule has 176 valence electrons. The predicted octanol–water partition coefficient (Wildman–Crippen LogP) is 3.08. The van der Waals surface area contributed by atoms with Gasteiger partial charge in [0, 0.05) is 56.7 Å². The maximum absolute atomic E-state index is 5.40. The van der Waals surface area contributed by atoms with E-state index in [2.05, 4.69) is 60.5 Å².